The minimum atomic E-state index is -0.928. The number of carbonyl (C=O) groups is 2. The molecule has 0 spiro atoms. The summed E-state index contributed by atoms with van der Waals surface area (Å²) >= 11 is 0. The summed E-state index contributed by atoms with van der Waals surface area (Å²) in [6.07, 6.45) is 0. The molecule has 4 rings (SSSR count). The molecule has 3 aromatic rings. The zero-order chi connectivity index (χ0) is 20.7. The molecule has 29 heavy (non-hydrogen) atoms. The highest BCUT2D eigenvalue weighted by molar-refractivity contribution is 5.98. The standard InChI is InChI=1S/C21H21F2N3O3/c1-13-9-18-20(29-13)11-19(21(28)25-7-5-24(6-8-25)14(2)27)26(18)12-15-3-4-16(22)17(23)10-15/h3-4,9-11H,5-8,12H2,1-2H3. The summed E-state index contributed by atoms with van der Waals surface area (Å²) < 4.78 is 34.4. The minimum absolute atomic E-state index is 0.00759. The third-order valence-corrected chi connectivity index (χ3v) is 5.27. The molecule has 0 N–H and O–H groups in total. The fraction of sp³-hybridized carbons (Fsp3) is 0.333. The van der Waals surface area contributed by atoms with E-state index in [0.29, 0.717) is 48.8 Å². The first-order valence-corrected chi connectivity index (χ1v) is 9.42. The van der Waals surface area contributed by atoms with Gasteiger partial charge in [-0.05, 0) is 24.6 Å². The number of halogens is 2. The van der Waals surface area contributed by atoms with Crippen LogP contribution in [0, 0.1) is 18.6 Å². The molecule has 0 radical (unpaired) electrons. The SMILES string of the molecule is CC(=O)N1CCN(C(=O)c2cc3oc(C)cc3n2Cc2ccc(F)c(F)c2)CC1. The van der Waals surface area contributed by atoms with Crippen molar-refractivity contribution in [3.63, 3.8) is 0 Å². The number of benzene rings is 1. The van der Waals surface area contributed by atoms with Crippen LogP contribution in [0.5, 0.6) is 0 Å². The molecule has 8 heteroatoms. The van der Waals surface area contributed by atoms with Gasteiger partial charge in [0.25, 0.3) is 5.91 Å². The van der Waals surface area contributed by atoms with E-state index in [0.717, 1.165) is 17.6 Å². The van der Waals surface area contributed by atoms with Gasteiger partial charge in [-0.2, -0.15) is 0 Å². The van der Waals surface area contributed by atoms with Crippen molar-refractivity contribution in [2.45, 2.75) is 20.4 Å². The number of hydrogen-bond acceptors (Lipinski definition) is 3. The van der Waals surface area contributed by atoms with E-state index < -0.39 is 11.6 Å². The first-order chi connectivity index (χ1) is 13.8. The van der Waals surface area contributed by atoms with Gasteiger partial charge in [0.05, 0.1) is 5.52 Å². The Balaban J connectivity index is 1.66. The molecular weight excluding hydrogens is 380 g/mol. The average Bonchev–Trinajstić information content (AvgIpc) is 3.21. The van der Waals surface area contributed by atoms with Crippen molar-refractivity contribution >= 4 is 22.9 Å². The maximum atomic E-state index is 13.7. The van der Waals surface area contributed by atoms with Crippen LogP contribution >= 0.6 is 0 Å². The van der Waals surface area contributed by atoms with Crippen molar-refractivity contribution in [1.29, 1.82) is 0 Å². The second-order valence-electron chi connectivity index (χ2n) is 7.27. The number of nitrogens with zero attached hydrogens (tertiary/aromatic N) is 3. The lowest BCUT2D eigenvalue weighted by atomic mass is 10.2. The van der Waals surface area contributed by atoms with Crippen LogP contribution in [0.3, 0.4) is 0 Å². The molecule has 6 nitrogen and oxygen atoms in total. The van der Waals surface area contributed by atoms with E-state index in [1.807, 2.05) is 13.0 Å². The summed E-state index contributed by atoms with van der Waals surface area (Å²) in [5.74, 6) is -1.33. The third-order valence-electron chi connectivity index (χ3n) is 5.27. The lowest BCUT2D eigenvalue weighted by molar-refractivity contribution is -0.130. The summed E-state index contributed by atoms with van der Waals surface area (Å²) in [5, 5.41) is 0. The number of hydrogen-bond donors (Lipinski definition) is 0. The predicted molar refractivity (Wildman–Crippen MR) is 103 cm³/mol. The monoisotopic (exact) mass is 401 g/mol. The highest BCUT2D eigenvalue weighted by Gasteiger charge is 2.27. The van der Waals surface area contributed by atoms with Gasteiger partial charge in [0.15, 0.2) is 17.2 Å². The topological polar surface area (TPSA) is 58.7 Å². The zero-order valence-corrected chi connectivity index (χ0v) is 16.2. The van der Waals surface area contributed by atoms with Gasteiger partial charge in [0.2, 0.25) is 5.91 Å². The molecule has 2 aromatic heterocycles. The number of furan rings is 1. The number of piperazine rings is 1. The highest BCUT2D eigenvalue weighted by Crippen LogP contribution is 2.26. The molecular formula is C21H21F2N3O3. The van der Waals surface area contributed by atoms with Crippen molar-refractivity contribution in [3.8, 4) is 0 Å². The molecule has 0 atom stereocenters. The maximum Gasteiger partial charge on any atom is 0.270 e. The van der Waals surface area contributed by atoms with Crippen LogP contribution in [0.15, 0.2) is 34.7 Å². The molecule has 0 bridgehead atoms. The van der Waals surface area contributed by atoms with Gasteiger partial charge in [-0.1, -0.05) is 6.07 Å². The zero-order valence-electron chi connectivity index (χ0n) is 16.2. The summed E-state index contributed by atoms with van der Waals surface area (Å²) in [4.78, 5) is 28.1. The fourth-order valence-electron chi connectivity index (χ4n) is 3.72. The van der Waals surface area contributed by atoms with Crippen molar-refractivity contribution in [1.82, 2.24) is 14.4 Å². The van der Waals surface area contributed by atoms with Crippen LogP contribution in [-0.4, -0.2) is 52.4 Å². The van der Waals surface area contributed by atoms with E-state index in [-0.39, 0.29) is 18.4 Å². The van der Waals surface area contributed by atoms with Gasteiger partial charge in [-0.15, -0.1) is 0 Å². The number of amides is 2. The number of rotatable bonds is 3. The Morgan fingerprint density at radius 3 is 2.34 bits per heavy atom. The van der Waals surface area contributed by atoms with Crippen LogP contribution in [0.2, 0.25) is 0 Å². The smallest absolute Gasteiger partial charge is 0.270 e. The lowest BCUT2D eigenvalue weighted by Gasteiger charge is -2.34. The van der Waals surface area contributed by atoms with Gasteiger partial charge in [0.1, 0.15) is 11.5 Å². The van der Waals surface area contributed by atoms with E-state index in [4.69, 9.17) is 4.42 Å². The van der Waals surface area contributed by atoms with Gasteiger partial charge in [-0.25, -0.2) is 8.78 Å². The highest BCUT2D eigenvalue weighted by atomic mass is 19.2. The summed E-state index contributed by atoms with van der Waals surface area (Å²) in [5.41, 5.74) is 2.24. The van der Waals surface area contributed by atoms with Gasteiger partial charge in [-0.3, -0.25) is 9.59 Å². The Labute approximate surface area is 166 Å². The molecule has 1 saturated heterocycles. The Kier molecular flexibility index (Phi) is 4.86. The van der Waals surface area contributed by atoms with Crippen LogP contribution in [0.1, 0.15) is 28.7 Å². The molecule has 1 aliphatic heterocycles. The molecule has 0 unspecified atom stereocenters. The fourth-order valence-corrected chi connectivity index (χ4v) is 3.72. The van der Waals surface area contributed by atoms with Crippen molar-refractivity contribution in [2.75, 3.05) is 26.2 Å². The van der Waals surface area contributed by atoms with Gasteiger partial charge >= 0.3 is 0 Å². The molecule has 1 fully saturated rings. The normalized spacial score (nSPS) is 14.6. The third kappa shape index (κ3) is 3.62. The largest absolute Gasteiger partial charge is 0.460 e. The molecule has 1 aromatic carbocycles. The number of aryl methyl sites for hydroxylation is 1. The van der Waals surface area contributed by atoms with Crippen LogP contribution in [-0.2, 0) is 11.3 Å². The predicted octanol–water partition coefficient (Wildman–Crippen LogP) is 3.17. The molecule has 152 valence electrons. The van der Waals surface area contributed by atoms with E-state index in [9.17, 15) is 18.4 Å². The van der Waals surface area contributed by atoms with Crippen LogP contribution < -0.4 is 0 Å². The minimum Gasteiger partial charge on any atom is -0.460 e. The number of aromatic nitrogens is 1. The van der Waals surface area contributed by atoms with E-state index in [1.165, 1.54) is 13.0 Å². The van der Waals surface area contributed by atoms with E-state index >= 15 is 0 Å². The van der Waals surface area contributed by atoms with E-state index in [1.54, 1.807) is 20.4 Å². The van der Waals surface area contributed by atoms with Crippen molar-refractivity contribution in [2.24, 2.45) is 0 Å². The molecule has 3 heterocycles. The van der Waals surface area contributed by atoms with Gasteiger partial charge in [0, 0.05) is 51.8 Å². The Bertz CT molecular complexity index is 1090. The molecule has 1 aliphatic rings. The lowest BCUT2D eigenvalue weighted by Crippen LogP contribution is -2.50. The molecule has 2 amide bonds. The maximum absolute atomic E-state index is 13.7. The van der Waals surface area contributed by atoms with Crippen LogP contribution in [0.4, 0.5) is 8.78 Å². The quantitative estimate of drug-likeness (QED) is 0.677. The molecule has 0 saturated carbocycles. The van der Waals surface area contributed by atoms with Crippen molar-refractivity contribution in [3.05, 3.63) is 59.0 Å². The first kappa shape index (κ1) is 19.2. The number of fused-ring (bicyclic) bond motifs is 1. The van der Waals surface area contributed by atoms with Crippen LogP contribution in [0.25, 0.3) is 11.1 Å². The first-order valence-electron chi connectivity index (χ1n) is 9.42. The van der Waals surface area contributed by atoms with Gasteiger partial charge < -0.3 is 18.8 Å². The summed E-state index contributed by atoms with van der Waals surface area (Å²) in [7, 11) is 0. The summed E-state index contributed by atoms with van der Waals surface area (Å²) in [6, 6.07) is 7.21. The summed E-state index contributed by atoms with van der Waals surface area (Å²) in [6.45, 7) is 5.38. The Morgan fingerprint density at radius 1 is 1.00 bits per heavy atom. The second kappa shape index (κ2) is 7.35. The Hall–Kier alpha value is -3.16. The molecule has 0 aliphatic carbocycles. The number of carbonyl (C=O) groups excluding carboxylic acids is 2. The second-order valence-corrected chi connectivity index (χ2v) is 7.27. The Morgan fingerprint density at radius 2 is 1.69 bits per heavy atom. The van der Waals surface area contributed by atoms with Crippen molar-refractivity contribution < 1.29 is 22.8 Å². The average molecular weight is 401 g/mol. The van der Waals surface area contributed by atoms with E-state index in [2.05, 4.69) is 0 Å².